The van der Waals surface area contributed by atoms with Crippen molar-refractivity contribution in [2.24, 2.45) is 0 Å². The van der Waals surface area contributed by atoms with Crippen LogP contribution >= 0.6 is 0 Å². The molecular formula is C14H19N5O. The fourth-order valence-electron chi connectivity index (χ4n) is 2.08. The largest absolute Gasteiger partial charge is 0.396 e. The Balaban J connectivity index is 2.27. The number of rotatable bonds is 4. The number of hydrogen-bond donors (Lipinski definition) is 1. The van der Waals surface area contributed by atoms with Gasteiger partial charge in [-0.2, -0.15) is 5.10 Å². The lowest BCUT2D eigenvalue weighted by Crippen LogP contribution is -2.32. The van der Waals surface area contributed by atoms with Gasteiger partial charge >= 0.3 is 0 Å². The highest BCUT2D eigenvalue weighted by Gasteiger charge is 2.24. The summed E-state index contributed by atoms with van der Waals surface area (Å²) >= 11 is 0. The first-order valence-electron chi connectivity index (χ1n) is 6.54. The van der Waals surface area contributed by atoms with Gasteiger partial charge in [-0.25, -0.2) is 0 Å². The van der Waals surface area contributed by atoms with Crippen LogP contribution in [0.4, 0.5) is 5.69 Å². The molecule has 0 aliphatic carbocycles. The van der Waals surface area contributed by atoms with Gasteiger partial charge in [-0.05, 0) is 31.5 Å². The maximum absolute atomic E-state index is 12.6. The number of pyridine rings is 1. The number of anilines is 1. The normalized spacial score (nSPS) is 12.2. The molecule has 0 aromatic carbocycles. The van der Waals surface area contributed by atoms with Crippen LogP contribution < -0.4 is 5.73 Å². The summed E-state index contributed by atoms with van der Waals surface area (Å²) in [7, 11) is 1.76. The second kappa shape index (κ2) is 5.73. The van der Waals surface area contributed by atoms with E-state index in [9.17, 15) is 4.79 Å². The zero-order valence-electron chi connectivity index (χ0n) is 11.9. The first-order chi connectivity index (χ1) is 9.56. The molecule has 6 nitrogen and oxygen atoms in total. The number of nitrogen functional groups attached to an aromatic ring is 1. The van der Waals surface area contributed by atoms with Crippen molar-refractivity contribution in [3.8, 4) is 0 Å². The molecule has 20 heavy (non-hydrogen) atoms. The van der Waals surface area contributed by atoms with Gasteiger partial charge < -0.3 is 10.6 Å². The molecule has 0 aliphatic rings. The van der Waals surface area contributed by atoms with Crippen LogP contribution in [0.2, 0.25) is 0 Å². The van der Waals surface area contributed by atoms with Crippen LogP contribution in [0.5, 0.6) is 0 Å². The van der Waals surface area contributed by atoms with E-state index >= 15 is 0 Å². The molecule has 106 valence electrons. The van der Waals surface area contributed by atoms with E-state index in [2.05, 4.69) is 10.1 Å². The number of nitrogens with two attached hydrogens (primary N) is 1. The SMILES string of the molecule is CCn1ncc(N)c1C(=O)N(C)C(C)c1ccncc1. The number of carbonyl (C=O) groups is 1. The third-order valence-electron chi connectivity index (χ3n) is 3.46. The predicted molar refractivity (Wildman–Crippen MR) is 77.1 cm³/mol. The van der Waals surface area contributed by atoms with Crippen LogP contribution in [-0.4, -0.2) is 32.6 Å². The van der Waals surface area contributed by atoms with Gasteiger partial charge in [-0.15, -0.1) is 0 Å². The number of nitrogens with zero attached hydrogens (tertiary/aromatic N) is 4. The minimum absolute atomic E-state index is 0.0647. The van der Waals surface area contributed by atoms with Gasteiger partial charge in [0.05, 0.1) is 17.9 Å². The molecule has 0 spiro atoms. The molecule has 1 amide bonds. The molecule has 2 rings (SSSR count). The highest BCUT2D eigenvalue weighted by molar-refractivity contribution is 5.97. The molecule has 1 unspecified atom stereocenters. The Kier molecular flexibility index (Phi) is 4.02. The van der Waals surface area contributed by atoms with Gasteiger partial charge in [-0.3, -0.25) is 14.5 Å². The lowest BCUT2D eigenvalue weighted by atomic mass is 10.1. The first kappa shape index (κ1) is 14.0. The predicted octanol–water partition coefficient (Wildman–Crippen LogP) is 1.71. The molecule has 2 heterocycles. The molecule has 2 aromatic rings. The smallest absolute Gasteiger partial charge is 0.274 e. The maximum atomic E-state index is 12.6. The van der Waals surface area contributed by atoms with E-state index in [1.807, 2.05) is 26.0 Å². The second-order valence-electron chi connectivity index (χ2n) is 4.64. The molecule has 2 aromatic heterocycles. The third kappa shape index (κ3) is 2.49. The van der Waals surface area contributed by atoms with E-state index in [4.69, 9.17) is 5.73 Å². The summed E-state index contributed by atoms with van der Waals surface area (Å²) in [6.07, 6.45) is 4.95. The Labute approximate surface area is 118 Å². The maximum Gasteiger partial charge on any atom is 0.274 e. The Morgan fingerprint density at radius 3 is 2.70 bits per heavy atom. The van der Waals surface area contributed by atoms with E-state index in [1.54, 1.807) is 29.0 Å². The average Bonchev–Trinajstić information content (AvgIpc) is 2.86. The van der Waals surface area contributed by atoms with Crippen molar-refractivity contribution in [3.63, 3.8) is 0 Å². The summed E-state index contributed by atoms with van der Waals surface area (Å²) in [5, 5.41) is 4.10. The van der Waals surface area contributed by atoms with Crippen molar-refractivity contribution in [2.75, 3.05) is 12.8 Å². The quantitative estimate of drug-likeness (QED) is 0.920. The highest BCUT2D eigenvalue weighted by Crippen LogP contribution is 2.22. The first-order valence-corrected chi connectivity index (χ1v) is 6.54. The number of carbonyl (C=O) groups excluding carboxylic acids is 1. The van der Waals surface area contributed by atoms with E-state index < -0.39 is 0 Å². The standard InChI is InChI=1S/C14H19N5O/c1-4-19-13(12(15)9-17-19)14(20)18(3)10(2)11-5-7-16-8-6-11/h5-10H,4,15H2,1-3H3. The summed E-state index contributed by atoms with van der Waals surface area (Å²) in [6.45, 7) is 4.50. The van der Waals surface area contributed by atoms with Crippen molar-refractivity contribution in [1.82, 2.24) is 19.7 Å². The Bertz CT molecular complexity index is 593. The van der Waals surface area contributed by atoms with Gasteiger partial charge in [-0.1, -0.05) is 0 Å². The Morgan fingerprint density at radius 2 is 2.10 bits per heavy atom. The Morgan fingerprint density at radius 1 is 1.45 bits per heavy atom. The minimum atomic E-state index is -0.133. The van der Waals surface area contributed by atoms with E-state index in [0.29, 0.717) is 17.9 Å². The van der Waals surface area contributed by atoms with Crippen molar-refractivity contribution in [3.05, 3.63) is 42.0 Å². The number of aromatic nitrogens is 3. The molecule has 0 saturated carbocycles. The van der Waals surface area contributed by atoms with Crippen molar-refractivity contribution < 1.29 is 4.79 Å². The molecule has 1 atom stereocenters. The van der Waals surface area contributed by atoms with Crippen LogP contribution in [-0.2, 0) is 6.54 Å². The molecule has 0 fully saturated rings. The molecule has 0 aliphatic heterocycles. The van der Waals surface area contributed by atoms with Crippen LogP contribution in [0.1, 0.15) is 35.9 Å². The molecule has 6 heteroatoms. The van der Waals surface area contributed by atoms with Gasteiger partial charge in [0.15, 0.2) is 0 Å². The van der Waals surface area contributed by atoms with Crippen molar-refractivity contribution >= 4 is 11.6 Å². The van der Waals surface area contributed by atoms with Gasteiger partial charge in [0.25, 0.3) is 5.91 Å². The number of amides is 1. The summed E-state index contributed by atoms with van der Waals surface area (Å²) in [5.74, 6) is -0.133. The lowest BCUT2D eigenvalue weighted by molar-refractivity contribution is 0.0731. The second-order valence-corrected chi connectivity index (χ2v) is 4.64. The van der Waals surface area contributed by atoms with Gasteiger partial charge in [0, 0.05) is 26.0 Å². The summed E-state index contributed by atoms with van der Waals surface area (Å²) in [6, 6.07) is 3.73. The summed E-state index contributed by atoms with van der Waals surface area (Å²) < 4.78 is 1.62. The minimum Gasteiger partial charge on any atom is -0.396 e. The number of aryl methyl sites for hydroxylation is 1. The lowest BCUT2D eigenvalue weighted by Gasteiger charge is -2.25. The molecule has 0 radical (unpaired) electrons. The zero-order valence-corrected chi connectivity index (χ0v) is 11.9. The Hall–Kier alpha value is -2.37. The van der Waals surface area contributed by atoms with E-state index in [0.717, 1.165) is 5.56 Å². The fraction of sp³-hybridized carbons (Fsp3) is 0.357. The summed E-state index contributed by atoms with van der Waals surface area (Å²) in [4.78, 5) is 18.2. The van der Waals surface area contributed by atoms with Crippen LogP contribution in [0.15, 0.2) is 30.7 Å². The van der Waals surface area contributed by atoms with Crippen LogP contribution in [0.3, 0.4) is 0 Å². The molecule has 0 saturated heterocycles. The van der Waals surface area contributed by atoms with Gasteiger partial charge in [0.1, 0.15) is 5.69 Å². The zero-order chi connectivity index (χ0) is 14.7. The fourth-order valence-corrected chi connectivity index (χ4v) is 2.08. The highest BCUT2D eigenvalue weighted by atomic mass is 16.2. The van der Waals surface area contributed by atoms with Crippen LogP contribution in [0.25, 0.3) is 0 Å². The molecule has 0 bridgehead atoms. The van der Waals surface area contributed by atoms with Gasteiger partial charge in [0.2, 0.25) is 0 Å². The number of hydrogen-bond acceptors (Lipinski definition) is 4. The average molecular weight is 273 g/mol. The molecular weight excluding hydrogens is 254 g/mol. The van der Waals surface area contributed by atoms with E-state index in [-0.39, 0.29) is 11.9 Å². The van der Waals surface area contributed by atoms with E-state index in [1.165, 1.54) is 6.20 Å². The third-order valence-corrected chi connectivity index (χ3v) is 3.46. The molecule has 2 N–H and O–H groups in total. The summed E-state index contributed by atoms with van der Waals surface area (Å²) in [5.41, 5.74) is 7.73. The van der Waals surface area contributed by atoms with Crippen molar-refractivity contribution in [1.29, 1.82) is 0 Å². The van der Waals surface area contributed by atoms with Crippen molar-refractivity contribution in [2.45, 2.75) is 26.4 Å². The van der Waals surface area contributed by atoms with Crippen LogP contribution in [0, 0.1) is 0 Å². The monoisotopic (exact) mass is 273 g/mol. The topological polar surface area (TPSA) is 77.0 Å².